The molecule has 24 heavy (non-hydrogen) atoms. The van der Waals surface area contributed by atoms with E-state index < -0.39 is 0 Å². The topological polar surface area (TPSA) is 26.3 Å². The van der Waals surface area contributed by atoms with Crippen LogP contribution in [0.3, 0.4) is 0 Å². The van der Waals surface area contributed by atoms with Crippen molar-refractivity contribution < 1.29 is 9.53 Å². The van der Waals surface area contributed by atoms with E-state index in [1.165, 1.54) is 10.4 Å². The van der Waals surface area contributed by atoms with Crippen LogP contribution in [0.25, 0.3) is 0 Å². The van der Waals surface area contributed by atoms with Crippen LogP contribution in [0.5, 0.6) is 0 Å². The van der Waals surface area contributed by atoms with Crippen LogP contribution in [-0.4, -0.2) is 5.97 Å². The highest BCUT2D eigenvalue weighted by Crippen LogP contribution is 2.24. The van der Waals surface area contributed by atoms with Crippen LogP contribution in [0.2, 0.25) is 0 Å². The lowest BCUT2D eigenvalue weighted by molar-refractivity contribution is -0.152. The largest absolute Gasteiger partial charge is 0.461 e. The Kier molecular flexibility index (Phi) is 6.63. The fourth-order valence-electron chi connectivity index (χ4n) is 2.80. The lowest BCUT2D eigenvalue weighted by atomic mass is 9.85. The number of hydrogen-bond donors (Lipinski definition) is 0. The number of thiophene rings is 1. The highest BCUT2D eigenvalue weighted by molar-refractivity contribution is 7.10. The second kappa shape index (κ2) is 8.70. The molecular weight excluding hydrogens is 316 g/mol. The molecule has 2 nitrogen and oxygen atoms in total. The molecule has 0 aliphatic rings. The van der Waals surface area contributed by atoms with Gasteiger partial charge in [-0.15, -0.1) is 23.7 Å². The summed E-state index contributed by atoms with van der Waals surface area (Å²) in [5.41, 5.74) is 2.32. The van der Waals surface area contributed by atoms with Gasteiger partial charge in [-0.2, -0.15) is 0 Å². The highest BCUT2D eigenvalue weighted by atomic mass is 32.1. The van der Waals surface area contributed by atoms with E-state index in [1.807, 2.05) is 39.0 Å². The summed E-state index contributed by atoms with van der Waals surface area (Å²) in [6, 6.07) is 12.5. The van der Waals surface area contributed by atoms with Crippen molar-refractivity contribution in [3.05, 3.63) is 57.8 Å². The summed E-state index contributed by atoms with van der Waals surface area (Å²) in [6.07, 6.45) is 6.38. The van der Waals surface area contributed by atoms with E-state index in [1.54, 1.807) is 11.3 Å². The molecule has 0 spiro atoms. The minimum absolute atomic E-state index is 0.117. The third-order valence-electron chi connectivity index (χ3n) is 4.10. The second-order valence-corrected chi connectivity index (χ2v) is 7.41. The van der Waals surface area contributed by atoms with Crippen LogP contribution < -0.4 is 0 Å². The zero-order valence-corrected chi connectivity index (χ0v) is 15.3. The molecule has 0 radical (unpaired) electrons. The van der Waals surface area contributed by atoms with E-state index in [-0.39, 0.29) is 23.7 Å². The molecule has 0 bridgehead atoms. The van der Waals surface area contributed by atoms with Gasteiger partial charge in [0.05, 0.1) is 5.92 Å². The Morgan fingerprint density at radius 2 is 1.92 bits per heavy atom. The summed E-state index contributed by atoms with van der Waals surface area (Å²) in [5.74, 6) is 2.25. The van der Waals surface area contributed by atoms with E-state index in [0.717, 1.165) is 12.0 Å². The third-order valence-corrected chi connectivity index (χ3v) is 5.09. The van der Waals surface area contributed by atoms with E-state index >= 15 is 0 Å². The van der Waals surface area contributed by atoms with Crippen molar-refractivity contribution in [3.8, 4) is 12.3 Å². The Morgan fingerprint density at radius 3 is 2.54 bits per heavy atom. The number of benzene rings is 1. The molecule has 2 rings (SSSR count). The third kappa shape index (κ3) is 4.97. The number of rotatable bonds is 7. The van der Waals surface area contributed by atoms with E-state index in [9.17, 15) is 4.79 Å². The Bertz CT molecular complexity index is 694. The molecule has 2 aromatic rings. The lowest BCUT2D eigenvalue weighted by Gasteiger charge is -2.22. The molecular formula is C21H24O2S. The van der Waals surface area contributed by atoms with Crippen molar-refractivity contribution in [1.29, 1.82) is 0 Å². The van der Waals surface area contributed by atoms with Gasteiger partial charge in [-0.05, 0) is 22.9 Å². The lowest BCUT2D eigenvalue weighted by Crippen LogP contribution is -2.28. The Balaban J connectivity index is 1.93. The molecule has 1 aromatic carbocycles. The van der Waals surface area contributed by atoms with Crippen molar-refractivity contribution in [2.45, 2.75) is 33.8 Å². The standard InChI is InChI=1S/C21H24O2S/c1-5-16(4)20(15(2)3)21(22)23-13-18-12-19(24-14-18)11-17-9-7-6-8-10-17/h1,6-10,12,14-16,20H,11,13H2,2-4H3. The predicted molar refractivity (Wildman–Crippen MR) is 99.7 cm³/mol. The van der Waals surface area contributed by atoms with Gasteiger partial charge >= 0.3 is 5.97 Å². The number of esters is 1. The Labute approximate surface area is 148 Å². The van der Waals surface area contributed by atoms with Gasteiger partial charge < -0.3 is 4.74 Å². The van der Waals surface area contributed by atoms with Crippen LogP contribution in [0.15, 0.2) is 41.8 Å². The monoisotopic (exact) mass is 340 g/mol. The first-order valence-corrected chi connectivity index (χ1v) is 9.12. The van der Waals surface area contributed by atoms with Gasteiger partial charge in [-0.1, -0.05) is 51.1 Å². The minimum atomic E-state index is -0.252. The number of carbonyl (C=O) groups is 1. The van der Waals surface area contributed by atoms with E-state index in [0.29, 0.717) is 6.61 Å². The number of ether oxygens (including phenoxy) is 1. The number of carbonyl (C=O) groups excluding carboxylic acids is 1. The fourth-order valence-corrected chi connectivity index (χ4v) is 3.71. The zero-order valence-electron chi connectivity index (χ0n) is 14.5. The first-order chi connectivity index (χ1) is 11.5. The summed E-state index contributed by atoms with van der Waals surface area (Å²) in [6.45, 7) is 6.21. The smallest absolute Gasteiger partial charge is 0.310 e. The van der Waals surface area contributed by atoms with Crippen molar-refractivity contribution in [1.82, 2.24) is 0 Å². The van der Waals surface area contributed by atoms with Crippen molar-refractivity contribution in [2.75, 3.05) is 0 Å². The van der Waals surface area contributed by atoms with Gasteiger partial charge in [-0.3, -0.25) is 4.79 Å². The van der Waals surface area contributed by atoms with Gasteiger partial charge in [0.25, 0.3) is 0 Å². The Morgan fingerprint density at radius 1 is 1.21 bits per heavy atom. The van der Waals surface area contributed by atoms with Crippen molar-refractivity contribution in [2.24, 2.45) is 17.8 Å². The van der Waals surface area contributed by atoms with Crippen molar-refractivity contribution in [3.63, 3.8) is 0 Å². The Hall–Kier alpha value is -2.05. The molecule has 2 unspecified atom stereocenters. The average Bonchev–Trinajstić information content (AvgIpc) is 3.01. The first kappa shape index (κ1) is 18.3. The van der Waals surface area contributed by atoms with Crippen LogP contribution in [0.1, 0.15) is 36.8 Å². The average molecular weight is 340 g/mol. The van der Waals surface area contributed by atoms with Gasteiger partial charge in [-0.25, -0.2) is 0 Å². The van der Waals surface area contributed by atoms with Gasteiger partial charge in [0.2, 0.25) is 0 Å². The summed E-state index contributed by atoms with van der Waals surface area (Å²) < 4.78 is 5.51. The molecule has 0 aliphatic heterocycles. The maximum atomic E-state index is 12.3. The van der Waals surface area contributed by atoms with Crippen molar-refractivity contribution >= 4 is 17.3 Å². The molecule has 0 aliphatic carbocycles. The molecule has 0 saturated heterocycles. The molecule has 1 heterocycles. The van der Waals surface area contributed by atoms with Crippen LogP contribution >= 0.6 is 11.3 Å². The summed E-state index contributed by atoms with van der Waals surface area (Å²) in [7, 11) is 0. The summed E-state index contributed by atoms with van der Waals surface area (Å²) in [5, 5.41) is 2.06. The predicted octanol–water partition coefficient (Wildman–Crippen LogP) is 4.92. The molecule has 126 valence electrons. The summed E-state index contributed by atoms with van der Waals surface area (Å²) >= 11 is 1.70. The molecule has 0 saturated carbocycles. The molecule has 1 aromatic heterocycles. The van der Waals surface area contributed by atoms with Gasteiger partial charge in [0, 0.05) is 22.8 Å². The van der Waals surface area contributed by atoms with Crippen LogP contribution in [0, 0.1) is 30.1 Å². The van der Waals surface area contributed by atoms with Gasteiger partial charge in [0.1, 0.15) is 6.61 Å². The molecule has 2 atom stereocenters. The molecule has 3 heteroatoms. The maximum Gasteiger partial charge on any atom is 0.310 e. The minimum Gasteiger partial charge on any atom is -0.461 e. The maximum absolute atomic E-state index is 12.3. The van der Waals surface area contributed by atoms with Crippen LogP contribution in [0.4, 0.5) is 0 Å². The van der Waals surface area contributed by atoms with E-state index in [2.05, 4.69) is 29.5 Å². The van der Waals surface area contributed by atoms with Crippen LogP contribution in [-0.2, 0) is 22.6 Å². The second-order valence-electron chi connectivity index (χ2n) is 6.42. The zero-order chi connectivity index (χ0) is 17.5. The fraction of sp³-hybridized carbons (Fsp3) is 0.381. The SMILES string of the molecule is C#CC(C)C(C(=O)OCc1csc(Cc2ccccc2)c1)C(C)C. The van der Waals surface area contributed by atoms with E-state index in [4.69, 9.17) is 11.2 Å². The summed E-state index contributed by atoms with van der Waals surface area (Å²) in [4.78, 5) is 13.6. The first-order valence-electron chi connectivity index (χ1n) is 8.24. The highest BCUT2D eigenvalue weighted by Gasteiger charge is 2.28. The molecule has 0 amide bonds. The normalized spacial score (nSPS) is 13.3. The molecule has 0 N–H and O–H groups in total. The number of terminal acetylenes is 1. The molecule has 0 fully saturated rings. The number of hydrogen-bond acceptors (Lipinski definition) is 3. The van der Waals surface area contributed by atoms with Gasteiger partial charge in [0.15, 0.2) is 0 Å². The quantitative estimate of drug-likeness (QED) is 0.528.